The fraction of sp³-hybridized carbons (Fsp3) is 0.625. The molecule has 0 aliphatic heterocycles. The average molecular weight is 263 g/mol. The first kappa shape index (κ1) is 14.2. The topological polar surface area (TPSA) is 44.5 Å². The summed E-state index contributed by atoms with van der Waals surface area (Å²) >= 11 is 0. The van der Waals surface area contributed by atoms with Gasteiger partial charge >= 0.3 is 0 Å². The summed E-state index contributed by atoms with van der Waals surface area (Å²) in [5, 5.41) is 0. The lowest BCUT2D eigenvalue weighted by atomic mass is 9.75. The molecular weight excluding hydrogens is 238 g/mol. The molecule has 106 valence electrons. The maximum atomic E-state index is 6.14. The minimum atomic E-state index is 0.0642. The highest BCUT2D eigenvalue weighted by molar-refractivity contribution is 5.57. The van der Waals surface area contributed by atoms with Gasteiger partial charge in [-0.2, -0.15) is 0 Å². The zero-order valence-corrected chi connectivity index (χ0v) is 12.5. The van der Waals surface area contributed by atoms with Crippen molar-refractivity contribution in [1.29, 1.82) is 0 Å². The molecule has 0 unspecified atom stereocenters. The van der Waals surface area contributed by atoms with Crippen molar-refractivity contribution >= 4 is 0 Å². The number of ether oxygens (including phenoxy) is 2. The number of hydrogen-bond donors (Lipinski definition) is 1. The second-order valence-electron chi connectivity index (χ2n) is 5.62. The predicted molar refractivity (Wildman–Crippen MR) is 78.2 cm³/mol. The van der Waals surface area contributed by atoms with Crippen LogP contribution < -0.4 is 15.2 Å². The Bertz CT molecular complexity index is 462. The fourth-order valence-electron chi connectivity index (χ4n) is 3.46. The zero-order valence-electron chi connectivity index (χ0n) is 12.5. The van der Waals surface area contributed by atoms with Crippen LogP contribution in [0.25, 0.3) is 0 Å². The van der Waals surface area contributed by atoms with Gasteiger partial charge in [0.2, 0.25) is 0 Å². The van der Waals surface area contributed by atoms with Gasteiger partial charge in [0.15, 0.2) is 11.5 Å². The number of methoxy groups -OCH3 is 2. The molecule has 1 aliphatic carbocycles. The summed E-state index contributed by atoms with van der Waals surface area (Å²) in [7, 11) is 3.41. The molecule has 3 heteroatoms. The molecule has 0 spiro atoms. The summed E-state index contributed by atoms with van der Waals surface area (Å²) < 4.78 is 11.2. The van der Waals surface area contributed by atoms with Crippen LogP contribution in [0.5, 0.6) is 11.5 Å². The van der Waals surface area contributed by atoms with Gasteiger partial charge in [-0.25, -0.2) is 0 Å². The lowest BCUT2D eigenvalue weighted by Crippen LogP contribution is -2.33. The van der Waals surface area contributed by atoms with Crippen LogP contribution in [-0.2, 0) is 5.41 Å². The third-order valence-electron chi connectivity index (χ3n) is 4.67. The Hall–Kier alpha value is -1.22. The van der Waals surface area contributed by atoms with E-state index in [0.717, 1.165) is 24.3 Å². The van der Waals surface area contributed by atoms with E-state index in [1.54, 1.807) is 14.2 Å². The Morgan fingerprint density at radius 1 is 1.16 bits per heavy atom. The van der Waals surface area contributed by atoms with Crippen molar-refractivity contribution in [2.45, 2.75) is 44.9 Å². The molecule has 1 saturated carbocycles. The van der Waals surface area contributed by atoms with Crippen molar-refractivity contribution < 1.29 is 9.47 Å². The fourth-order valence-corrected chi connectivity index (χ4v) is 3.46. The minimum absolute atomic E-state index is 0.0642. The molecule has 0 saturated heterocycles. The van der Waals surface area contributed by atoms with Crippen LogP contribution in [-0.4, -0.2) is 20.8 Å². The SMILES string of the molecule is COc1cc(C)c(C)c(C2(CN)CCCC2)c1OC. The van der Waals surface area contributed by atoms with E-state index in [2.05, 4.69) is 19.9 Å². The van der Waals surface area contributed by atoms with Crippen LogP contribution in [0.4, 0.5) is 0 Å². The lowest BCUT2D eigenvalue weighted by Gasteiger charge is -2.32. The molecular formula is C16H25NO2. The average Bonchev–Trinajstić information content (AvgIpc) is 2.90. The summed E-state index contributed by atoms with van der Waals surface area (Å²) in [5.41, 5.74) is 10.0. The van der Waals surface area contributed by atoms with E-state index < -0.39 is 0 Å². The second kappa shape index (κ2) is 5.41. The minimum Gasteiger partial charge on any atom is -0.493 e. The predicted octanol–water partition coefficient (Wildman–Crippen LogP) is 3.09. The highest BCUT2D eigenvalue weighted by atomic mass is 16.5. The van der Waals surface area contributed by atoms with Gasteiger partial charge in [0, 0.05) is 17.5 Å². The molecule has 1 aliphatic rings. The highest BCUT2D eigenvalue weighted by Crippen LogP contribution is 2.49. The van der Waals surface area contributed by atoms with Gasteiger partial charge < -0.3 is 15.2 Å². The van der Waals surface area contributed by atoms with Gasteiger partial charge in [-0.15, -0.1) is 0 Å². The molecule has 3 nitrogen and oxygen atoms in total. The van der Waals surface area contributed by atoms with Crippen molar-refractivity contribution in [2.24, 2.45) is 5.73 Å². The molecule has 19 heavy (non-hydrogen) atoms. The first-order valence-corrected chi connectivity index (χ1v) is 7.02. The Morgan fingerprint density at radius 3 is 2.26 bits per heavy atom. The Labute approximate surface area is 116 Å². The molecule has 1 aromatic carbocycles. The van der Waals surface area contributed by atoms with Gasteiger partial charge in [0.05, 0.1) is 14.2 Å². The van der Waals surface area contributed by atoms with E-state index in [4.69, 9.17) is 15.2 Å². The summed E-state index contributed by atoms with van der Waals surface area (Å²) in [6, 6.07) is 2.05. The monoisotopic (exact) mass is 263 g/mol. The third-order valence-corrected chi connectivity index (χ3v) is 4.67. The molecule has 0 heterocycles. The van der Waals surface area contributed by atoms with E-state index in [-0.39, 0.29) is 5.41 Å². The van der Waals surface area contributed by atoms with Crippen LogP contribution in [0.1, 0.15) is 42.4 Å². The van der Waals surface area contributed by atoms with Crippen molar-refractivity contribution in [3.05, 3.63) is 22.8 Å². The van der Waals surface area contributed by atoms with Gasteiger partial charge in [-0.3, -0.25) is 0 Å². The molecule has 0 amide bonds. The lowest BCUT2D eigenvalue weighted by molar-refractivity contribution is 0.335. The first-order valence-electron chi connectivity index (χ1n) is 7.02. The third kappa shape index (κ3) is 2.20. The summed E-state index contributed by atoms with van der Waals surface area (Å²) in [5.74, 6) is 1.69. The van der Waals surface area contributed by atoms with E-state index in [0.29, 0.717) is 6.54 Å². The van der Waals surface area contributed by atoms with Crippen LogP contribution in [0.3, 0.4) is 0 Å². The number of aryl methyl sites for hydroxylation is 1. The second-order valence-corrected chi connectivity index (χ2v) is 5.62. The van der Waals surface area contributed by atoms with Crippen LogP contribution in [0.15, 0.2) is 6.07 Å². The van der Waals surface area contributed by atoms with Gasteiger partial charge in [-0.05, 0) is 43.9 Å². The summed E-state index contributed by atoms with van der Waals surface area (Å²) in [6.45, 7) is 4.97. The Morgan fingerprint density at radius 2 is 1.79 bits per heavy atom. The number of rotatable bonds is 4. The van der Waals surface area contributed by atoms with Crippen LogP contribution >= 0.6 is 0 Å². The van der Waals surface area contributed by atoms with E-state index in [1.165, 1.54) is 29.5 Å². The zero-order chi connectivity index (χ0) is 14.0. The maximum absolute atomic E-state index is 6.14. The molecule has 0 bridgehead atoms. The maximum Gasteiger partial charge on any atom is 0.164 e. The van der Waals surface area contributed by atoms with Crippen LogP contribution in [0.2, 0.25) is 0 Å². The number of benzene rings is 1. The smallest absolute Gasteiger partial charge is 0.164 e. The normalized spacial score (nSPS) is 17.5. The van der Waals surface area contributed by atoms with E-state index in [9.17, 15) is 0 Å². The van der Waals surface area contributed by atoms with Gasteiger partial charge in [0.1, 0.15) is 0 Å². The molecule has 0 atom stereocenters. The quantitative estimate of drug-likeness (QED) is 0.908. The number of hydrogen-bond acceptors (Lipinski definition) is 3. The summed E-state index contributed by atoms with van der Waals surface area (Å²) in [6.07, 6.45) is 4.78. The Balaban J connectivity index is 2.69. The molecule has 2 N–H and O–H groups in total. The first-order chi connectivity index (χ1) is 9.09. The molecule has 2 rings (SSSR count). The van der Waals surface area contributed by atoms with Gasteiger partial charge in [0.25, 0.3) is 0 Å². The van der Waals surface area contributed by atoms with Crippen molar-refractivity contribution in [3.63, 3.8) is 0 Å². The van der Waals surface area contributed by atoms with Crippen molar-refractivity contribution in [1.82, 2.24) is 0 Å². The molecule has 1 aromatic rings. The number of nitrogens with two attached hydrogens (primary N) is 1. The van der Waals surface area contributed by atoms with E-state index >= 15 is 0 Å². The van der Waals surface area contributed by atoms with Crippen LogP contribution in [0, 0.1) is 13.8 Å². The molecule has 0 aromatic heterocycles. The Kier molecular flexibility index (Phi) is 4.04. The largest absolute Gasteiger partial charge is 0.493 e. The molecule has 1 fully saturated rings. The van der Waals surface area contributed by atoms with Crippen molar-refractivity contribution in [3.8, 4) is 11.5 Å². The van der Waals surface area contributed by atoms with E-state index in [1.807, 2.05) is 0 Å². The molecule has 0 radical (unpaired) electrons. The summed E-state index contributed by atoms with van der Waals surface area (Å²) in [4.78, 5) is 0. The van der Waals surface area contributed by atoms with Crippen molar-refractivity contribution in [2.75, 3.05) is 20.8 Å². The standard InChI is InChI=1S/C16H25NO2/c1-11-9-13(18-3)15(19-4)14(12(11)2)16(10-17)7-5-6-8-16/h9H,5-8,10,17H2,1-4H3. The van der Waals surface area contributed by atoms with Gasteiger partial charge in [-0.1, -0.05) is 12.8 Å². The highest BCUT2D eigenvalue weighted by Gasteiger charge is 2.39.